The fraction of sp³-hybridized carbons (Fsp3) is 0.688. The predicted octanol–water partition coefficient (Wildman–Crippen LogP) is 9.20. The SMILES string of the molecule is CCCCCCCCCCCCOc1ccc(-c2ncc(OCCCCOCCCCCC)cn2)cc1. The Hall–Kier alpha value is -2.14. The first-order chi connectivity index (χ1) is 18.3. The van der Waals surface area contributed by atoms with Gasteiger partial charge >= 0.3 is 0 Å². The van der Waals surface area contributed by atoms with E-state index < -0.39 is 0 Å². The first-order valence-electron chi connectivity index (χ1n) is 15.1. The normalized spacial score (nSPS) is 11.1. The highest BCUT2D eigenvalue weighted by molar-refractivity contribution is 5.56. The second-order valence-corrected chi connectivity index (χ2v) is 10.0. The average Bonchev–Trinajstić information content (AvgIpc) is 2.93. The van der Waals surface area contributed by atoms with Crippen molar-refractivity contribution in [3.05, 3.63) is 36.7 Å². The van der Waals surface area contributed by atoms with Crippen LogP contribution in [0.2, 0.25) is 0 Å². The largest absolute Gasteiger partial charge is 0.494 e. The number of hydrogen-bond acceptors (Lipinski definition) is 5. The van der Waals surface area contributed by atoms with Gasteiger partial charge in [0.2, 0.25) is 0 Å². The van der Waals surface area contributed by atoms with Crippen LogP contribution in [-0.2, 0) is 4.74 Å². The minimum absolute atomic E-state index is 0.660. The van der Waals surface area contributed by atoms with Crippen molar-refractivity contribution < 1.29 is 14.2 Å². The van der Waals surface area contributed by atoms with Gasteiger partial charge in [-0.05, 0) is 49.9 Å². The molecule has 0 N–H and O–H groups in total. The Morgan fingerprint density at radius 3 is 1.51 bits per heavy atom. The van der Waals surface area contributed by atoms with E-state index in [0.29, 0.717) is 18.2 Å². The molecular formula is C32H52N2O3. The van der Waals surface area contributed by atoms with Crippen LogP contribution >= 0.6 is 0 Å². The van der Waals surface area contributed by atoms with Gasteiger partial charge in [-0.2, -0.15) is 0 Å². The molecule has 5 heteroatoms. The van der Waals surface area contributed by atoms with Crippen molar-refractivity contribution in [2.24, 2.45) is 0 Å². The van der Waals surface area contributed by atoms with Crippen LogP contribution in [0, 0.1) is 0 Å². The summed E-state index contributed by atoms with van der Waals surface area (Å²) in [5.41, 5.74) is 0.980. The first kappa shape index (κ1) is 31.1. The quantitative estimate of drug-likeness (QED) is 0.131. The van der Waals surface area contributed by atoms with E-state index in [0.717, 1.165) is 50.4 Å². The van der Waals surface area contributed by atoms with Crippen LogP contribution in [0.4, 0.5) is 0 Å². The predicted molar refractivity (Wildman–Crippen MR) is 154 cm³/mol. The van der Waals surface area contributed by atoms with E-state index in [4.69, 9.17) is 14.2 Å². The lowest BCUT2D eigenvalue weighted by Crippen LogP contribution is -2.02. The van der Waals surface area contributed by atoms with Crippen LogP contribution in [-0.4, -0.2) is 36.4 Å². The third-order valence-electron chi connectivity index (χ3n) is 6.60. The van der Waals surface area contributed by atoms with Gasteiger partial charge in [-0.15, -0.1) is 0 Å². The molecule has 0 fully saturated rings. The second-order valence-electron chi connectivity index (χ2n) is 10.0. The molecule has 2 aromatic rings. The van der Waals surface area contributed by atoms with Gasteiger partial charge in [-0.1, -0.05) is 90.9 Å². The summed E-state index contributed by atoms with van der Waals surface area (Å²) in [6, 6.07) is 8.05. The Labute approximate surface area is 226 Å². The van der Waals surface area contributed by atoms with Crippen LogP contribution in [0.3, 0.4) is 0 Å². The number of hydrogen-bond donors (Lipinski definition) is 0. The highest BCUT2D eigenvalue weighted by Gasteiger charge is 2.04. The number of benzene rings is 1. The van der Waals surface area contributed by atoms with Gasteiger partial charge in [-0.3, -0.25) is 0 Å². The van der Waals surface area contributed by atoms with Crippen molar-refractivity contribution in [2.45, 2.75) is 117 Å². The van der Waals surface area contributed by atoms with Gasteiger partial charge < -0.3 is 14.2 Å². The fourth-order valence-electron chi connectivity index (χ4n) is 4.25. The molecule has 1 aromatic carbocycles. The fourth-order valence-corrected chi connectivity index (χ4v) is 4.25. The molecule has 0 saturated heterocycles. The first-order valence-corrected chi connectivity index (χ1v) is 15.1. The topological polar surface area (TPSA) is 53.5 Å². The number of ether oxygens (including phenoxy) is 3. The van der Waals surface area contributed by atoms with Crippen molar-refractivity contribution in [3.8, 4) is 22.9 Å². The molecule has 0 spiro atoms. The zero-order chi connectivity index (χ0) is 26.2. The average molecular weight is 513 g/mol. The summed E-state index contributed by atoms with van der Waals surface area (Å²) in [6.07, 6.45) is 23.9. The molecule has 0 aliphatic rings. The summed E-state index contributed by atoms with van der Waals surface area (Å²) >= 11 is 0. The molecule has 0 radical (unpaired) electrons. The summed E-state index contributed by atoms with van der Waals surface area (Å²) in [5, 5.41) is 0. The maximum atomic E-state index is 5.92. The van der Waals surface area contributed by atoms with E-state index in [9.17, 15) is 0 Å². The van der Waals surface area contributed by atoms with Gasteiger partial charge in [-0.25, -0.2) is 9.97 Å². The van der Waals surface area contributed by atoms with Gasteiger partial charge in [0.25, 0.3) is 0 Å². The van der Waals surface area contributed by atoms with Crippen LogP contribution in [0.5, 0.6) is 11.5 Å². The van der Waals surface area contributed by atoms with E-state index in [1.54, 1.807) is 12.4 Å². The Morgan fingerprint density at radius 1 is 0.486 bits per heavy atom. The van der Waals surface area contributed by atoms with Crippen LogP contribution < -0.4 is 9.47 Å². The van der Waals surface area contributed by atoms with E-state index in [1.807, 2.05) is 24.3 Å². The molecule has 0 amide bonds. The van der Waals surface area contributed by atoms with Crippen LogP contribution in [0.1, 0.15) is 117 Å². The zero-order valence-corrected chi connectivity index (χ0v) is 23.7. The van der Waals surface area contributed by atoms with E-state index in [1.165, 1.54) is 83.5 Å². The van der Waals surface area contributed by atoms with Crippen LogP contribution in [0.25, 0.3) is 11.4 Å². The van der Waals surface area contributed by atoms with E-state index in [2.05, 4.69) is 23.8 Å². The Balaban J connectivity index is 1.52. The van der Waals surface area contributed by atoms with Crippen molar-refractivity contribution in [1.82, 2.24) is 9.97 Å². The minimum Gasteiger partial charge on any atom is -0.494 e. The third-order valence-corrected chi connectivity index (χ3v) is 6.60. The lowest BCUT2D eigenvalue weighted by Gasteiger charge is -2.08. The molecule has 0 unspecified atom stereocenters. The summed E-state index contributed by atoms with van der Waals surface area (Å²) in [6.45, 7) is 7.63. The molecule has 0 aliphatic heterocycles. The van der Waals surface area contributed by atoms with Gasteiger partial charge in [0.1, 0.15) is 5.75 Å². The lowest BCUT2D eigenvalue weighted by atomic mass is 10.1. The number of aromatic nitrogens is 2. The van der Waals surface area contributed by atoms with Crippen molar-refractivity contribution in [2.75, 3.05) is 26.4 Å². The molecular weight excluding hydrogens is 460 g/mol. The number of rotatable bonds is 24. The van der Waals surface area contributed by atoms with Crippen molar-refractivity contribution in [1.29, 1.82) is 0 Å². The highest BCUT2D eigenvalue weighted by Crippen LogP contribution is 2.21. The molecule has 5 nitrogen and oxygen atoms in total. The van der Waals surface area contributed by atoms with Crippen molar-refractivity contribution >= 4 is 0 Å². The lowest BCUT2D eigenvalue weighted by molar-refractivity contribution is 0.122. The molecule has 0 saturated carbocycles. The van der Waals surface area contributed by atoms with Gasteiger partial charge in [0.05, 0.1) is 25.6 Å². The standard InChI is InChI=1S/C32H52N2O3/c1-3-5-7-9-10-11-12-13-14-16-25-36-30-21-19-29(20-22-30)32-33-27-31(28-34-32)37-26-18-17-24-35-23-15-8-6-4-2/h19-22,27-28H,3-18,23-26H2,1-2H3. The Morgan fingerprint density at radius 2 is 0.919 bits per heavy atom. The van der Waals surface area contributed by atoms with Gasteiger partial charge in [0.15, 0.2) is 11.6 Å². The summed E-state index contributed by atoms with van der Waals surface area (Å²) in [7, 11) is 0. The third kappa shape index (κ3) is 15.7. The number of unbranched alkanes of at least 4 members (excludes halogenated alkanes) is 13. The van der Waals surface area contributed by atoms with E-state index >= 15 is 0 Å². The molecule has 208 valence electrons. The highest BCUT2D eigenvalue weighted by atomic mass is 16.5. The van der Waals surface area contributed by atoms with E-state index in [-0.39, 0.29) is 0 Å². The molecule has 0 atom stereocenters. The monoisotopic (exact) mass is 512 g/mol. The summed E-state index contributed by atoms with van der Waals surface area (Å²) in [4.78, 5) is 8.94. The molecule has 0 aliphatic carbocycles. The van der Waals surface area contributed by atoms with Crippen molar-refractivity contribution in [3.63, 3.8) is 0 Å². The molecule has 0 bridgehead atoms. The van der Waals surface area contributed by atoms with Gasteiger partial charge in [0, 0.05) is 18.8 Å². The maximum Gasteiger partial charge on any atom is 0.159 e. The maximum absolute atomic E-state index is 5.92. The number of nitrogens with zero attached hydrogens (tertiary/aromatic N) is 2. The Bertz CT molecular complexity index is 765. The Kier molecular flexibility index (Phi) is 18.4. The second kappa shape index (κ2) is 21.9. The zero-order valence-electron chi connectivity index (χ0n) is 23.7. The summed E-state index contributed by atoms with van der Waals surface area (Å²) in [5.74, 6) is 2.32. The molecule has 37 heavy (non-hydrogen) atoms. The minimum atomic E-state index is 0.660. The van der Waals surface area contributed by atoms with Crippen LogP contribution in [0.15, 0.2) is 36.7 Å². The smallest absolute Gasteiger partial charge is 0.159 e. The molecule has 1 aromatic heterocycles. The molecule has 2 rings (SSSR count). The molecule has 1 heterocycles. The summed E-state index contributed by atoms with van der Waals surface area (Å²) < 4.78 is 17.4.